The van der Waals surface area contributed by atoms with E-state index in [1.54, 1.807) is 0 Å². The van der Waals surface area contributed by atoms with Crippen molar-refractivity contribution in [3.05, 3.63) is 23.5 Å². The third-order valence-electron chi connectivity index (χ3n) is 3.50. The quantitative estimate of drug-likeness (QED) is 0.508. The van der Waals surface area contributed by atoms with Crippen LogP contribution in [0, 0.1) is 5.82 Å². The minimum atomic E-state index is -1.32. The molecule has 0 unspecified atom stereocenters. The van der Waals surface area contributed by atoms with E-state index in [0.29, 0.717) is 18.3 Å². The summed E-state index contributed by atoms with van der Waals surface area (Å²) in [5, 5.41) is 11.8. The Bertz CT molecular complexity index is 492. The standard InChI is InChI=1S/C15H24FN3O2/c1-10(2)19(3)7-5-4-6-18-14-9-12(16)11(15(20)21)8-13(14)17/h8-10,18H,4-7,17H2,1-3H3,(H,20,21). The van der Waals surface area contributed by atoms with Gasteiger partial charge in [-0.15, -0.1) is 0 Å². The molecule has 21 heavy (non-hydrogen) atoms. The summed E-state index contributed by atoms with van der Waals surface area (Å²) in [6, 6.07) is 2.80. The topological polar surface area (TPSA) is 78.6 Å². The summed E-state index contributed by atoms with van der Waals surface area (Å²) in [7, 11) is 2.08. The van der Waals surface area contributed by atoms with Crippen LogP contribution in [0.25, 0.3) is 0 Å². The Kier molecular flexibility index (Phi) is 6.42. The van der Waals surface area contributed by atoms with Gasteiger partial charge in [-0.25, -0.2) is 9.18 Å². The molecule has 0 heterocycles. The highest BCUT2D eigenvalue weighted by Crippen LogP contribution is 2.23. The van der Waals surface area contributed by atoms with Crippen LogP contribution in [0.4, 0.5) is 15.8 Å². The highest BCUT2D eigenvalue weighted by Gasteiger charge is 2.13. The molecule has 5 nitrogen and oxygen atoms in total. The highest BCUT2D eigenvalue weighted by atomic mass is 19.1. The lowest BCUT2D eigenvalue weighted by atomic mass is 10.1. The SMILES string of the molecule is CC(C)N(C)CCCCNc1cc(F)c(C(=O)O)cc1N. The predicted octanol–water partition coefficient (Wildman–Crippen LogP) is 2.64. The number of benzene rings is 1. The van der Waals surface area contributed by atoms with Crippen LogP contribution in [0.5, 0.6) is 0 Å². The molecule has 1 aromatic rings. The second-order valence-corrected chi connectivity index (χ2v) is 5.43. The summed E-state index contributed by atoms with van der Waals surface area (Å²) in [6.45, 7) is 5.96. The zero-order valence-corrected chi connectivity index (χ0v) is 12.8. The first-order chi connectivity index (χ1) is 9.82. The molecule has 0 atom stereocenters. The Hall–Kier alpha value is -1.82. The fourth-order valence-corrected chi connectivity index (χ4v) is 1.87. The normalized spacial score (nSPS) is 11.1. The van der Waals surface area contributed by atoms with Crippen molar-refractivity contribution in [1.29, 1.82) is 0 Å². The molecule has 0 aliphatic carbocycles. The number of nitrogens with two attached hydrogens (primary N) is 1. The van der Waals surface area contributed by atoms with E-state index in [2.05, 4.69) is 31.1 Å². The number of nitrogens with zero attached hydrogens (tertiary/aromatic N) is 1. The highest BCUT2D eigenvalue weighted by molar-refractivity contribution is 5.90. The Morgan fingerprint density at radius 3 is 2.67 bits per heavy atom. The molecular weight excluding hydrogens is 273 g/mol. The molecule has 0 amide bonds. The number of nitrogen functional groups attached to an aromatic ring is 1. The molecule has 1 rings (SSSR count). The molecule has 0 fully saturated rings. The van der Waals surface area contributed by atoms with Crippen LogP contribution in [-0.2, 0) is 0 Å². The van der Waals surface area contributed by atoms with Gasteiger partial charge < -0.3 is 21.1 Å². The molecule has 1 aromatic carbocycles. The van der Waals surface area contributed by atoms with Gasteiger partial charge in [-0.05, 0) is 52.4 Å². The summed E-state index contributed by atoms with van der Waals surface area (Å²) in [5.74, 6) is -2.10. The third kappa shape index (κ3) is 5.23. The zero-order chi connectivity index (χ0) is 16.0. The van der Waals surface area contributed by atoms with Crippen LogP contribution in [0.3, 0.4) is 0 Å². The van der Waals surface area contributed by atoms with Gasteiger partial charge in [0.25, 0.3) is 0 Å². The van der Waals surface area contributed by atoms with E-state index in [0.717, 1.165) is 31.5 Å². The number of halogens is 1. The second-order valence-electron chi connectivity index (χ2n) is 5.43. The number of anilines is 2. The first-order valence-corrected chi connectivity index (χ1v) is 7.09. The van der Waals surface area contributed by atoms with Gasteiger partial charge in [0, 0.05) is 12.6 Å². The summed E-state index contributed by atoms with van der Waals surface area (Å²) in [6.07, 6.45) is 1.95. The van der Waals surface area contributed by atoms with Gasteiger partial charge in [-0.2, -0.15) is 0 Å². The lowest BCUT2D eigenvalue weighted by molar-refractivity contribution is 0.0692. The van der Waals surface area contributed by atoms with Crippen LogP contribution < -0.4 is 11.1 Å². The number of aromatic carboxylic acids is 1. The molecule has 0 aliphatic rings. The minimum Gasteiger partial charge on any atom is -0.478 e. The third-order valence-corrected chi connectivity index (χ3v) is 3.50. The van der Waals surface area contributed by atoms with Crippen LogP contribution in [-0.4, -0.2) is 42.2 Å². The van der Waals surface area contributed by atoms with Crippen LogP contribution in [0.1, 0.15) is 37.0 Å². The molecule has 0 saturated carbocycles. The summed E-state index contributed by atoms with van der Waals surface area (Å²) in [5.41, 5.74) is 6.01. The molecule has 0 spiro atoms. The Labute approximate surface area is 124 Å². The fourth-order valence-electron chi connectivity index (χ4n) is 1.87. The average Bonchev–Trinajstić information content (AvgIpc) is 2.40. The Morgan fingerprint density at radius 1 is 1.43 bits per heavy atom. The number of nitrogens with one attached hydrogen (secondary N) is 1. The number of hydrogen-bond donors (Lipinski definition) is 3. The van der Waals surface area contributed by atoms with Crippen molar-refractivity contribution in [2.24, 2.45) is 0 Å². The van der Waals surface area contributed by atoms with E-state index in [4.69, 9.17) is 10.8 Å². The lowest BCUT2D eigenvalue weighted by Gasteiger charge is -2.20. The van der Waals surface area contributed by atoms with E-state index < -0.39 is 17.3 Å². The van der Waals surface area contributed by atoms with Gasteiger partial charge in [-0.3, -0.25) is 0 Å². The van der Waals surface area contributed by atoms with Gasteiger partial charge in [0.1, 0.15) is 5.82 Å². The van der Waals surface area contributed by atoms with E-state index in [1.807, 2.05) is 0 Å². The van der Waals surface area contributed by atoms with Crippen molar-refractivity contribution in [2.45, 2.75) is 32.7 Å². The van der Waals surface area contributed by atoms with Crippen molar-refractivity contribution in [1.82, 2.24) is 4.90 Å². The Morgan fingerprint density at radius 2 is 2.10 bits per heavy atom. The van der Waals surface area contributed by atoms with Gasteiger partial charge in [0.15, 0.2) is 0 Å². The van der Waals surface area contributed by atoms with E-state index in [-0.39, 0.29) is 5.69 Å². The number of rotatable bonds is 8. The predicted molar refractivity (Wildman–Crippen MR) is 83.3 cm³/mol. The molecule has 4 N–H and O–H groups in total. The molecule has 118 valence electrons. The lowest BCUT2D eigenvalue weighted by Crippen LogP contribution is -2.27. The van der Waals surface area contributed by atoms with Crippen molar-refractivity contribution >= 4 is 17.3 Å². The Balaban J connectivity index is 2.46. The zero-order valence-electron chi connectivity index (χ0n) is 12.8. The molecular formula is C15H24FN3O2. The monoisotopic (exact) mass is 297 g/mol. The number of hydrogen-bond acceptors (Lipinski definition) is 4. The van der Waals surface area contributed by atoms with Crippen LogP contribution in [0.15, 0.2) is 12.1 Å². The van der Waals surface area contributed by atoms with Crippen LogP contribution in [0.2, 0.25) is 0 Å². The van der Waals surface area contributed by atoms with E-state index >= 15 is 0 Å². The molecule has 0 aliphatic heterocycles. The average molecular weight is 297 g/mol. The maximum absolute atomic E-state index is 13.6. The number of carboxylic acid groups (broad SMARTS) is 1. The second kappa shape index (κ2) is 7.83. The molecule has 0 aromatic heterocycles. The molecule has 6 heteroatoms. The number of carboxylic acids is 1. The maximum atomic E-state index is 13.6. The van der Waals surface area contributed by atoms with E-state index in [9.17, 15) is 9.18 Å². The number of carbonyl (C=O) groups is 1. The van der Waals surface area contributed by atoms with Crippen molar-refractivity contribution in [3.63, 3.8) is 0 Å². The van der Waals surface area contributed by atoms with E-state index in [1.165, 1.54) is 0 Å². The molecule has 0 radical (unpaired) electrons. The van der Waals surface area contributed by atoms with Gasteiger partial charge in [0.05, 0.1) is 16.9 Å². The first kappa shape index (κ1) is 17.2. The maximum Gasteiger partial charge on any atom is 0.338 e. The summed E-state index contributed by atoms with van der Waals surface area (Å²) in [4.78, 5) is 13.0. The molecule has 0 bridgehead atoms. The summed E-state index contributed by atoms with van der Waals surface area (Å²) >= 11 is 0. The first-order valence-electron chi connectivity index (χ1n) is 7.09. The van der Waals surface area contributed by atoms with Gasteiger partial charge in [-0.1, -0.05) is 0 Å². The van der Waals surface area contributed by atoms with Crippen molar-refractivity contribution < 1.29 is 14.3 Å². The van der Waals surface area contributed by atoms with Gasteiger partial charge in [0.2, 0.25) is 0 Å². The smallest absolute Gasteiger partial charge is 0.338 e. The molecule has 0 saturated heterocycles. The minimum absolute atomic E-state index is 0.244. The summed E-state index contributed by atoms with van der Waals surface area (Å²) < 4.78 is 13.6. The number of unbranched alkanes of at least 4 members (excludes halogenated alkanes) is 1. The van der Waals surface area contributed by atoms with Crippen molar-refractivity contribution in [3.8, 4) is 0 Å². The van der Waals surface area contributed by atoms with Crippen molar-refractivity contribution in [2.75, 3.05) is 31.2 Å². The van der Waals surface area contributed by atoms with Gasteiger partial charge >= 0.3 is 5.97 Å². The fraction of sp³-hybridized carbons (Fsp3) is 0.533. The van der Waals surface area contributed by atoms with Crippen LogP contribution >= 0.6 is 0 Å². The largest absolute Gasteiger partial charge is 0.478 e.